The molecular formula is C16H32N4O2. The normalized spacial score (nSPS) is 21.9. The largest absolute Gasteiger partial charge is 0.444 e. The van der Waals surface area contributed by atoms with Crippen molar-refractivity contribution in [1.82, 2.24) is 20.4 Å². The quantitative estimate of drug-likeness (QED) is 0.807. The fourth-order valence-corrected chi connectivity index (χ4v) is 2.93. The highest BCUT2D eigenvalue weighted by molar-refractivity contribution is 5.68. The van der Waals surface area contributed by atoms with E-state index in [-0.39, 0.29) is 6.09 Å². The standard InChI is InChI=1S/C16H32N4O2/c1-16(2,3)22-15(21)20-12-10-19(11-13-20)9-8-18-14-4-6-17-7-5-14/h14,17-18H,4-13H2,1-3H3. The lowest BCUT2D eigenvalue weighted by Gasteiger charge is -2.36. The fraction of sp³-hybridized carbons (Fsp3) is 0.938. The topological polar surface area (TPSA) is 56.8 Å². The van der Waals surface area contributed by atoms with Crippen LogP contribution in [0.25, 0.3) is 0 Å². The molecule has 2 saturated heterocycles. The Morgan fingerprint density at radius 3 is 2.41 bits per heavy atom. The molecule has 2 N–H and O–H groups in total. The second-order valence-electron chi connectivity index (χ2n) is 7.29. The molecule has 0 unspecified atom stereocenters. The minimum atomic E-state index is -0.410. The van der Waals surface area contributed by atoms with Crippen LogP contribution in [-0.4, -0.2) is 79.9 Å². The first-order valence-corrected chi connectivity index (χ1v) is 8.58. The van der Waals surface area contributed by atoms with E-state index in [1.54, 1.807) is 0 Å². The van der Waals surface area contributed by atoms with Crippen LogP contribution in [0.15, 0.2) is 0 Å². The summed E-state index contributed by atoms with van der Waals surface area (Å²) in [7, 11) is 0. The van der Waals surface area contributed by atoms with Gasteiger partial charge in [-0.05, 0) is 46.7 Å². The van der Waals surface area contributed by atoms with Crippen molar-refractivity contribution in [3.63, 3.8) is 0 Å². The number of rotatable bonds is 4. The van der Waals surface area contributed by atoms with Crippen molar-refractivity contribution in [3.05, 3.63) is 0 Å². The number of carbonyl (C=O) groups excluding carboxylic acids is 1. The zero-order valence-corrected chi connectivity index (χ0v) is 14.4. The molecule has 0 aliphatic carbocycles. The fourth-order valence-electron chi connectivity index (χ4n) is 2.93. The van der Waals surface area contributed by atoms with Gasteiger partial charge in [0.25, 0.3) is 0 Å². The summed E-state index contributed by atoms with van der Waals surface area (Å²) in [5.41, 5.74) is -0.410. The van der Waals surface area contributed by atoms with Crippen LogP contribution >= 0.6 is 0 Å². The number of piperazine rings is 1. The summed E-state index contributed by atoms with van der Waals surface area (Å²) in [6.07, 6.45) is 2.28. The third-order valence-electron chi connectivity index (χ3n) is 4.22. The Morgan fingerprint density at radius 1 is 1.18 bits per heavy atom. The van der Waals surface area contributed by atoms with Crippen molar-refractivity contribution in [2.75, 3.05) is 52.4 Å². The summed E-state index contributed by atoms with van der Waals surface area (Å²) in [4.78, 5) is 16.3. The SMILES string of the molecule is CC(C)(C)OC(=O)N1CCN(CCNC2CCNCC2)CC1. The van der Waals surface area contributed by atoms with Gasteiger partial charge in [-0.25, -0.2) is 4.79 Å². The zero-order valence-electron chi connectivity index (χ0n) is 14.4. The Bertz CT molecular complexity index is 343. The molecule has 0 saturated carbocycles. The molecule has 2 aliphatic rings. The van der Waals surface area contributed by atoms with E-state index in [0.29, 0.717) is 6.04 Å². The van der Waals surface area contributed by atoms with Gasteiger partial charge in [0, 0.05) is 45.3 Å². The molecule has 0 atom stereocenters. The minimum absolute atomic E-state index is 0.181. The van der Waals surface area contributed by atoms with Crippen LogP contribution in [0.3, 0.4) is 0 Å². The molecule has 6 nitrogen and oxygen atoms in total. The van der Waals surface area contributed by atoms with Gasteiger partial charge < -0.3 is 20.3 Å². The van der Waals surface area contributed by atoms with Gasteiger partial charge in [-0.3, -0.25) is 4.90 Å². The van der Waals surface area contributed by atoms with Crippen LogP contribution in [0.4, 0.5) is 4.79 Å². The summed E-state index contributed by atoms with van der Waals surface area (Å²) < 4.78 is 5.42. The van der Waals surface area contributed by atoms with Crippen LogP contribution in [0.5, 0.6) is 0 Å². The number of carbonyl (C=O) groups is 1. The number of ether oxygens (including phenoxy) is 1. The maximum atomic E-state index is 12.0. The molecule has 0 radical (unpaired) electrons. The molecule has 128 valence electrons. The van der Waals surface area contributed by atoms with Crippen LogP contribution in [0.2, 0.25) is 0 Å². The molecule has 2 rings (SSSR count). The molecule has 22 heavy (non-hydrogen) atoms. The third-order valence-corrected chi connectivity index (χ3v) is 4.22. The Morgan fingerprint density at radius 2 is 1.82 bits per heavy atom. The van der Waals surface area contributed by atoms with Gasteiger partial charge in [-0.15, -0.1) is 0 Å². The molecule has 0 bridgehead atoms. The molecule has 6 heteroatoms. The average molecular weight is 312 g/mol. The van der Waals surface area contributed by atoms with Crippen LogP contribution in [-0.2, 0) is 4.74 Å². The zero-order chi connectivity index (χ0) is 16.0. The summed E-state index contributed by atoms with van der Waals surface area (Å²) in [6, 6.07) is 0.671. The van der Waals surface area contributed by atoms with Gasteiger partial charge in [-0.2, -0.15) is 0 Å². The molecule has 2 aliphatic heterocycles. The van der Waals surface area contributed by atoms with Gasteiger partial charge in [-0.1, -0.05) is 0 Å². The van der Waals surface area contributed by atoms with E-state index in [2.05, 4.69) is 15.5 Å². The van der Waals surface area contributed by atoms with Gasteiger partial charge >= 0.3 is 6.09 Å². The van der Waals surface area contributed by atoms with Crippen molar-refractivity contribution in [1.29, 1.82) is 0 Å². The number of nitrogens with one attached hydrogen (secondary N) is 2. The number of piperidine rings is 1. The van der Waals surface area contributed by atoms with Crippen LogP contribution in [0.1, 0.15) is 33.6 Å². The second kappa shape index (κ2) is 8.13. The van der Waals surface area contributed by atoms with Crippen molar-refractivity contribution in [2.45, 2.75) is 45.3 Å². The summed E-state index contributed by atoms with van der Waals surface area (Å²) in [5.74, 6) is 0. The van der Waals surface area contributed by atoms with Gasteiger partial charge in [0.1, 0.15) is 5.60 Å². The van der Waals surface area contributed by atoms with E-state index in [9.17, 15) is 4.79 Å². The summed E-state index contributed by atoms with van der Waals surface area (Å²) in [6.45, 7) is 13.5. The Hall–Kier alpha value is -0.850. The smallest absolute Gasteiger partial charge is 0.410 e. The molecule has 2 heterocycles. The lowest BCUT2D eigenvalue weighted by molar-refractivity contribution is 0.0146. The monoisotopic (exact) mass is 312 g/mol. The molecule has 2 fully saturated rings. The van der Waals surface area contributed by atoms with Crippen molar-refractivity contribution >= 4 is 6.09 Å². The van der Waals surface area contributed by atoms with Gasteiger partial charge in [0.05, 0.1) is 0 Å². The van der Waals surface area contributed by atoms with Crippen LogP contribution in [0, 0.1) is 0 Å². The molecule has 0 spiro atoms. The first-order valence-electron chi connectivity index (χ1n) is 8.58. The minimum Gasteiger partial charge on any atom is -0.444 e. The Kier molecular flexibility index (Phi) is 6.47. The van der Waals surface area contributed by atoms with Crippen molar-refractivity contribution in [2.24, 2.45) is 0 Å². The van der Waals surface area contributed by atoms with Crippen molar-refractivity contribution in [3.8, 4) is 0 Å². The first kappa shape index (κ1) is 17.5. The Balaban J connectivity index is 1.59. The first-order chi connectivity index (χ1) is 10.4. The van der Waals surface area contributed by atoms with E-state index in [1.165, 1.54) is 12.8 Å². The second-order valence-corrected chi connectivity index (χ2v) is 7.29. The number of hydrogen-bond donors (Lipinski definition) is 2. The molecule has 0 aromatic carbocycles. The van der Waals surface area contributed by atoms with Gasteiger partial charge in [0.2, 0.25) is 0 Å². The molecular weight excluding hydrogens is 280 g/mol. The predicted molar refractivity (Wildman–Crippen MR) is 88.1 cm³/mol. The van der Waals surface area contributed by atoms with E-state index >= 15 is 0 Å². The highest BCUT2D eigenvalue weighted by atomic mass is 16.6. The average Bonchev–Trinajstić information content (AvgIpc) is 2.47. The Labute approximate surface area is 134 Å². The highest BCUT2D eigenvalue weighted by Gasteiger charge is 2.25. The number of amides is 1. The van der Waals surface area contributed by atoms with E-state index in [0.717, 1.165) is 52.4 Å². The van der Waals surface area contributed by atoms with E-state index in [1.807, 2.05) is 25.7 Å². The van der Waals surface area contributed by atoms with Crippen LogP contribution < -0.4 is 10.6 Å². The lowest BCUT2D eigenvalue weighted by atomic mass is 10.1. The maximum absolute atomic E-state index is 12.0. The number of hydrogen-bond acceptors (Lipinski definition) is 5. The van der Waals surface area contributed by atoms with E-state index < -0.39 is 5.60 Å². The lowest BCUT2D eigenvalue weighted by Crippen LogP contribution is -2.51. The maximum Gasteiger partial charge on any atom is 0.410 e. The van der Waals surface area contributed by atoms with Crippen molar-refractivity contribution < 1.29 is 9.53 Å². The van der Waals surface area contributed by atoms with E-state index in [4.69, 9.17) is 4.74 Å². The molecule has 0 aromatic rings. The van der Waals surface area contributed by atoms with Gasteiger partial charge in [0.15, 0.2) is 0 Å². The number of nitrogens with zero attached hydrogens (tertiary/aromatic N) is 2. The summed E-state index contributed by atoms with van der Waals surface area (Å²) >= 11 is 0. The third kappa shape index (κ3) is 6.10. The molecule has 1 amide bonds. The molecule has 0 aromatic heterocycles. The predicted octanol–water partition coefficient (Wildman–Crippen LogP) is 0.881. The highest BCUT2D eigenvalue weighted by Crippen LogP contribution is 2.11. The summed E-state index contributed by atoms with van der Waals surface area (Å²) in [5, 5.41) is 7.03.